The predicted octanol–water partition coefficient (Wildman–Crippen LogP) is 9.41. The van der Waals surface area contributed by atoms with Gasteiger partial charge in [0.15, 0.2) is 0 Å². The third-order valence-electron chi connectivity index (χ3n) is 10.3. The van der Waals surface area contributed by atoms with Gasteiger partial charge in [-0.3, -0.25) is 0 Å². The van der Waals surface area contributed by atoms with Crippen molar-refractivity contribution in [3.8, 4) is 11.1 Å². The number of benzene rings is 3. The van der Waals surface area contributed by atoms with E-state index < -0.39 is 18.4 Å². The molecule has 0 amide bonds. The van der Waals surface area contributed by atoms with Crippen LogP contribution in [-0.4, -0.2) is 53.9 Å². The Labute approximate surface area is 253 Å². The van der Waals surface area contributed by atoms with E-state index in [0.29, 0.717) is 6.79 Å². The first-order valence-electron chi connectivity index (χ1n) is 16.3. The van der Waals surface area contributed by atoms with Crippen molar-refractivity contribution in [1.29, 1.82) is 0 Å². The first-order chi connectivity index (χ1) is 20.1. The normalized spacial score (nSPS) is 19.8. The van der Waals surface area contributed by atoms with Crippen molar-refractivity contribution in [3.63, 3.8) is 0 Å². The maximum atomic E-state index is 7.17. The molecule has 2 aliphatic rings. The number of hydrogen-bond acceptors (Lipinski definition) is 3. The molecular weight excluding hydrogens is 609 g/mol. The number of rotatable bonds is 15. The number of unbranched alkanes of at least 4 members (excludes halogenated alkanes) is 3. The fourth-order valence-corrected chi connectivity index (χ4v) is 27.5. The standard InChI is InChI=1S/C25H24NO2.3C4H9.Sn/c1-27-18-28-20-15-16-26(17-20)25(19-9-3-2-4-10-19)23-13-7-5-11-21(23)22-12-6-8-14-24(22)25;3*1-3-4-2;/h2-14H,15-18H2,1H3;3*1,3-4H2,2H3;. The van der Waals surface area contributed by atoms with Crippen molar-refractivity contribution >= 4 is 18.4 Å². The second-order valence-electron chi connectivity index (χ2n) is 12.5. The molecule has 1 unspecified atom stereocenters. The van der Waals surface area contributed by atoms with E-state index in [9.17, 15) is 0 Å². The van der Waals surface area contributed by atoms with Crippen LogP contribution in [0.25, 0.3) is 11.1 Å². The molecule has 1 saturated heterocycles. The van der Waals surface area contributed by atoms with Crippen LogP contribution in [0.1, 0.15) is 82.4 Å². The molecule has 0 bridgehead atoms. The van der Waals surface area contributed by atoms with Crippen LogP contribution in [0.3, 0.4) is 0 Å². The molecule has 1 atom stereocenters. The Balaban J connectivity index is 1.69. The van der Waals surface area contributed by atoms with Crippen LogP contribution in [0, 0.1) is 0 Å². The minimum atomic E-state index is -2.89. The summed E-state index contributed by atoms with van der Waals surface area (Å²) in [5, 5.41) is 0. The third kappa shape index (κ3) is 5.45. The molecule has 0 saturated carbocycles. The summed E-state index contributed by atoms with van der Waals surface area (Å²) in [6.07, 6.45) is 8.98. The van der Waals surface area contributed by atoms with E-state index >= 15 is 0 Å². The van der Waals surface area contributed by atoms with Gasteiger partial charge in [0.25, 0.3) is 0 Å². The van der Waals surface area contributed by atoms with Crippen LogP contribution in [0.5, 0.6) is 0 Å². The van der Waals surface area contributed by atoms with Crippen LogP contribution >= 0.6 is 0 Å². The van der Waals surface area contributed by atoms with Gasteiger partial charge in [0, 0.05) is 0 Å². The summed E-state index contributed by atoms with van der Waals surface area (Å²) in [6, 6.07) is 29.6. The number of fused-ring (bicyclic) bond motifs is 3. The van der Waals surface area contributed by atoms with E-state index in [1.165, 1.54) is 79.7 Å². The van der Waals surface area contributed by atoms with Gasteiger partial charge in [-0.25, -0.2) is 0 Å². The van der Waals surface area contributed by atoms with E-state index in [4.69, 9.17) is 9.47 Å². The Kier molecular flexibility index (Phi) is 10.3. The van der Waals surface area contributed by atoms with Gasteiger partial charge in [-0.05, 0) is 0 Å². The molecule has 0 radical (unpaired) electrons. The Morgan fingerprint density at radius 3 is 1.73 bits per heavy atom. The average Bonchev–Trinajstić information content (AvgIpc) is 3.59. The monoisotopic (exact) mass is 661 g/mol. The SMILES string of the molecule is CCC[CH2][Sn]([CH2]CCC)([CH2]CCC)[C]1(OCOC)CCN(C2(c3ccccc3)c3ccccc3-c3ccccc32)C1. The Bertz CT molecular complexity index is 1190. The average molecular weight is 661 g/mol. The predicted molar refractivity (Wildman–Crippen MR) is 175 cm³/mol. The van der Waals surface area contributed by atoms with Crippen molar-refractivity contribution < 1.29 is 9.47 Å². The summed E-state index contributed by atoms with van der Waals surface area (Å²) >= 11 is -2.89. The third-order valence-corrected chi connectivity index (χ3v) is 28.6. The summed E-state index contributed by atoms with van der Waals surface area (Å²) in [7, 11) is 1.80. The van der Waals surface area contributed by atoms with E-state index in [-0.39, 0.29) is 9.16 Å². The summed E-state index contributed by atoms with van der Waals surface area (Å²) in [6.45, 7) is 9.57. The summed E-state index contributed by atoms with van der Waals surface area (Å²) < 4.78 is 17.2. The molecule has 41 heavy (non-hydrogen) atoms. The van der Waals surface area contributed by atoms with Crippen molar-refractivity contribution in [2.75, 3.05) is 27.0 Å². The van der Waals surface area contributed by atoms with E-state index in [1.54, 1.807) is 7.11 Å². The molecule has 1 aliphatic heterocycles. The molecule has 1 aliphatic carbocycles. The molecule has 3 nitrogen and oxygen atoms in total. The molecule has 3 aromatic rings. The molecule has 1 heterocycles. The molecular formula is C37H51NO2Sn. The molecule has 0 N–H and O–H groups in total. The van der Waals surface area contributed by atoms with Crippen LogP contribution in [0.15, 0.2) is 78.9 Å². The topological polar surface area (TPSA) is 21.7 Å². The maximum absolute atomic E-state index is 7.17. The second-order valence-corrected chi connectivity index (χ2v) is 26.7. The van der Waals surface area contributed by atoms with Crippen LogP contribution < -0.4 is 0 Å². The van der Waals surface area contributed by atoms with Crippen LogP contribution in [0.4, 0.5) is 0 Å². The summed E-state index contributed by atoms with van der Waals surface area (Å²) in [4.78, 5) is 2.85. The summed E-state index contributed by atoms with van der Waals surface area (Å²) in [5.74, 6) is 0. The van der Waals surface area contributed by atoms with Crippen molar-refractivity contribution in [1.82, 2.24) is 4.90 Å². The second kappa shape index (κ2) is 13.8. The zero-order chi connectivity index (χ0) is 28.8. The minimum absolute atomic E-state index is 0.0432. The van der Waals surface area contributed by atoms with Gasteiger partial charge in [-0.2, -0.15) is 0 Å². The molecule has 220 valence electrons. The van der Waals surface area contributed by atoms with Crippen molar-refractivity contribution in [2.24, 2.45) is 0 Å². The Hall–Kier alpha value is -1.66. The number of ether oxygens (including phenoxy) is 2. The van der Waals surface area contributed by atoms with Gasteiger partial charge in [-0.1, -0.05) is 0 Å². The molecule has 0 spiro atoms. The molecule has 4 heteroatoms. The first-order valence-corrected chi connectivity index (χ1v) is 23.7. The van der Waals surface area contributed by atoms with Crippen molar-refractivity contribution in [3.05, 3.63) is 95.6 Å². The van der Waals surface area contributed by atoms with Gasteiger partial charge in [-0.15, -0.1) is 0 Å². The van der Waals surface area contributed by atoms with Crippen LogP contribution in [0.2, 0.25) is 13.3 Å². The van der Waals surface area contributed by atoms with E-state index in [1.807, 2.05) is 0 Å². The van der Waals surface area contributed by atoms with Gasteiger partial charge < -0.3 is 0 Å². The zero-order valence-electron chi connectivity index (χ0n) is 26.0. The summed E-state index contributed by atoms with van der Waals surface area (Å²) in [5.41, 5.74) is 6.65. The van der Waals surface area contributed by atoms with E-state index in [0.717, 1.165) is 19.5 Å². The number of nitrogens with zero attached hydrogens (tertiary/aromatic N) is 1. The first kappa shape index (κ1) is 30.8. The fraction of sp³-hybridized carbons (Fsp3) is 0.514. The molecule has 5 rings (SSSR count). The quantitative estimate of drug-likeness (QED) is 0.120. The number of hydrogen-bond donors (Lipinski definition) is 0. The van der Waals surface area contributed by atoms with E-state index in [2.05, 4.69) is 105 Å². The fourth-order valence-electron chi connectivity index (χ4n) is 8.27. The Morgan fingerprint density at radius 2 is 1.22 bits per heavy atom. The molecule has 0 aromatic heterocycles. The van der Waals surface area contributed by atoms with Gasteiger partial charge >= 0.3 is 255 Å². The van der Waals surface area contributed by atoms with Crippen molar-refractivity contribution in [2.45, 2.75) is 88.2 Å². The van der Waals surface area contributed by atoms with Crippen LogP contribution in [-0.2, 0) is 15.0 Å². The van der Waals surface area contributed by atoms with Gasteiger partial charge in [0.05, 0.1) is 0 Å². The number of methoxy groups -OCH3 is 1. The Morgan fingerprint density at radius 1 is 0.707 bits per heavy atom. The molecule has 1 fully saturated rings. The molecule has 3 aromatic carbocycles. The van der Waals surface area contributed by atoms with Gasteiger partial charge in [0.1, 0.15) is 0 Å². The zero-order valence-corrected chi connectivity index (χ0v) is 28.8. The number of likely N-dealkylation sites (tertiary alicyclic amines) is 1. The van der Waals surface area contributed by atoms with Gasteiger partial charge in [0.2, 0.25) is 0 Å².